The summed E-state index contributed by atoms with van der Waals surface area (Å²) in [5, 5.41) is 0. The zero-order chi connectivity index (χ0) is 14.8. The molecule has 2 atom stereocenters. The summed E-state index contributed by atoms with van der Waals surface area (Å²) >= 11 is 0. The molecule has 110 valence electrons. The highest BCUT2D eigenvalue weighted by Crippen LogP contribution is 2.48. The second-order valence-electron chi connectivity index (χ2n) is 6.58. The first-order valence-electron chi connectivity index (χ1n) is 7.52. The Morgan fingerprint density at radius 2 is 2.00 bits per heavy atom. The third kappa shape index (κ3) is 3.40. The van der Waals surface area contributed by atoms with E-state index >= 15 is 0 Å². The Kier molecular flexibility index (Phi) is 4.48. The second kappa shape index (κ2) is 5.96. The van der Waals surface area contributed by atoms with Gasteiger partial charge in [-0.15, -0.1) is 0 Å². The SMILES string of the molecule is CCN(CC(C)(C)CN)C(=O)C1CC1c1ccccc1. The number of carbonyl (C=O) groups excluding carboxylic acids is 1. The van der Waals surface area contributed by atoms with Crippen LogP contribution < -0.4 is 5.73 Å². The third-order valence-electron chi connectivity index (χ3n) is 4.20. The number of carbonyl (C=O) groups is 1. The number of rotatable bonds is 6. The molecule has 3 nitrogen and oxygen atoms in total. The molecule has 2 rings (SSSR count). The van der Waals surface area contributed by atoms with Gasteiger partial charge < -0.3 is 10.6 Å². The number of nitrogens with two attached hydrogens (primary N) is 1. The van der Waals surface area contributed by atoms with Crippen molar-refractivity contribution in [3.05, 3.63) is 35.9 Å². The van der Waals surface area contributed by atoms with E-state index in [2.05, 4.69) is 26.0 Å². The fraction of sp³-hybridized carbons (Fsp3) is 0.588. The summed E-state index contributed by atoms with van der Waals surface area (Å²) in [6.07, 6.45) is 0.988. The van der Waals surface area contributed by atoms with Crippen LogP contribution in [-0.4, -0.2) is 30.4 Å². The molecule has 1 aliphatic rings. The molecule has 2 unspecified atom stereocenters. The van der Waals surface area contributed by atoms with Gasteiger partial charge in [-0.05, 0) is 36.8 Å². The summed E-state index contributed by atoms with van der Waals surface area (Å²) in [5.74, 6) is 0.882. The van der Waals surface area contributed by atoms with Crippen LogP contribution in [-0.2, 0) is 4.79 Å². The standard InChI is InChI=1S/C17H26N2O/c1-4-19(12-17(2,3)11-18)16(20)15-10-14(15)13-8-6-5-7-9-13/h5-9,14-15H,4,10-12,18H2,1-3H3. The van der Waals surface area contributed by atoms with E-state index in [4.69, 9.17) is 5.73 Å². The molecule has 2 N–H and O–H groups in total. The first-order chi connectivity index (χ1) is 9.48. The summed E-state index contributed by atoms with van der Waals surface area (Å²) in [5.41, 5.74) is 7.06. The number of hydrogen-bond donors (Lipinski definition) is 1. The molecule has 0 heterocycles. The molecular weight excluding hydrogens is 248 g/mol. The van der Waals surface area contributed by atoms with Gasteiger partial charge in [0.25, 0.3) is 0 Å². The van der Waals surface area contributed by atoms with Gasteiger partial charge in [0.15, 0.2) is 0 Å². The van der Waals surface area contributed by atoms with Crippen LogP contribution >= 0.6 is 0 Å². The predicted octanol–water partition coefficient (Wildman–Crippen LogP) is 2.62. The Labute approximate surface area is 122 Å². The Hall–Kier alpha value is -1.35. The lowest BCUT2D eigenvalue weighted by Crippen LogP contribution is -2.42. The van der Waals surface area contributed by atoms with Crippen molar-refractivity contribution in [2.45, 2.75) is 33.1 Å². The lowest BCUT2D eigenvalue weighted by molar-refractivity contribution is -0.133. The maximum absolute atomic E-state index is 12.6. The molecule has 1 saturated carbocycles. The topological polar surface area (TPSA) is 46.3 Å². The van der Waals surface area contributed by atoms with Gasteiger partial charge in [0.1, 0.15) is 0 Å². The first-order valence-corrected chi connectivity index (χ1v) is 7.52. The van der Waals surface area contributed by atoms with E-state index in [1.165, 1.54) is 5.56 Å². The van der Waals surface area contributed by atoms with Crippen molar-refractivity contribution < 1.29 is 4.79 Å². The molecule has 20 heavy (non-hydrogen) atoms. The highest BCUT2D eigenvalue weighted by molar-refractivity contribution is 5.83. The van der Waals surface area contributed by atoms with Crippen molar-refractivity contribution in [1.82, 2.24) is 4.90 Å². The van der Waals surface area contributed by atoms with Crippen molar-refractivity contribution in [3.8, 4) is 0 Å². The maximum atomic E-state index is 12.6. The third-order valence-corrected chi connectivity index (χ3v) is 4.20. The number of benzene rings is 1. The van der Waals surface area contributed by atoms with Crippen molar-refractivity contribution >= 4 is 5.91 Å². The summed E-state index contributed by atoms with van der Waals surface area (Å²) in [7, 11) is 0. The van der Waals surface area contributed by atoms with Gasteiger partial charge in [0.2, 0.25) is 5.91 Å². The van der Waals surface area contributed by atoms with E-state index < -0.39 is 0 Å². The van der Waals surface area contributed by atoms with Gasteiger partial charge in [-0.3, -0.25) is 4.79 Å². The van der Waals surface area contributed by atoms with E-state index in [0.717, 1.165) is 19.5 Å². The molecule has 0 spiro atoms. The van der Waals surface area contributed by atoms with E-state index in [9.17, 15) is 4.79 Å². The zero-order valence-corrected chi connectivity index (χ0v) is 12.8. The summed E-state index contributed by atoms with van der Waals surface area (Å²) in [6.45, 7) is 8.39. The Morgan fingerprint density at radius 3 is 2.55 bits per heavy atom. The molecule has 0 saturated heterocycles. The predicted molar refractivity (Wildman–Crippen MR) is 82.4 cm³/mol. The molecule has 1 aliphatic carbocycles. The fourth-order valence-corrected chi connectivity index (χ4v) is 2.70. The van der Waals surface area contributed by atoms with Crippen LogP contribution in [0.1, 0.15) is 38.7 Å². The van der Waals surface area contributed by atoms with Crippen LogP contribution in [0.25, 0.3) is 0 Å². The highest BCUT2D eigenvalue weighted by atomic mass is 16.2. The van der Waals surface area contributed by atoms with Gasteiger partial charge in [-0.2, -0.15) is 0 Å². The van der Waals surface area contributed by atoms with Crippen molar-refractivity contribution in [1.29, 1.82) is 0 Å². The molecule has 3 heteroatoms. The van der Waals surface area contributed by atoms with Gasteiger partial charge in [0.05, 0.1) is 0 Å². The molecule has 1 fully saturated rings. The van der Waals surface area contributed by atoms with Crippen molar-refractivity contribution in [2.75, 3.05) is 19.6 Å². The smallest absolute Gasteiger partial charge is 0.226 e. The quantitative estimate of drug-likeness (QED) is 0.866. The Balaban J connectivity index is 1.98. The maximum Gasteiger partial charge on any atom is 0.226 e. The average Bonchev–Trinajstić information content (AvgIpc) is 3.25. The molecule has 0 aromatic heterocycles. The zero-order valence-electron chi connectivity index (χ0n) is 12.8. The Morgan fingerprint density at radius 1 is 1.35 bits per heavy atom. The second-order valence-corrected chi connectivity index (χ2v) is 6.58. The van der Waals surface area contributed by atoms with Gasteiger partial charge in [-0.25, -0.2) is 0 Å². The molecule has 0 bridgehead atoms. The van der Waals surface area contributed by atoms with E-state index in [-0.39, 0.29) is 11.3 Å². The summed E-state index contributed by atoms with van der Waals surface area (Å²) in [6, 6.07) is 10.4. The molecule has 1 amide bonds. The lowest BCUT2D eigenvalue weighted by Gasteiger charge is -2.31. The van der Waals surface area contributed by atoms with Gasteiger partial charge >= 0.3 is 0 Å². The number of nitrogens with zero attached hydrogens (tertiary/aromatic N) is 1. The van der Waals surface area contributed by atoms with E-state index in [1.54, 1.807) is 0 Å². The minimum Gasteiger partial charge on any atom is -0.342 e. The van der Waals surface area contributed by atoms with Crippen LogP contribution in [0.3, 0.4) is 0 Å². The van der Waals surface area contributed by atoms with Crippen molar-refractivity contribution in [3.63, 3.8) is 0 Å². The minimum absolute atomic E-state index is 0.0111. The fourth-order valence-electron chi connectivity index (χ4n) is 2.70. The molecule has 1 aromatic rings. The summed E-state index contributed by atoms with van der Waals surface area (Å²) in [4.78, 5) is 14.6. The van der Waals surface area contributed by atoms with E-state index in [0.29, 0.717) is 18.4 Å². The minimum atomic E-state index is -0.0111. The molecule has 0 radical (unpaired) electrons. The van der Waals surface area contributed by atoms with Crippen LogP contribution in [0.15, 0.2) is 30.3 Å². The van der Waals surface area contributed by atoms with Crippen LogP contribution in [0.5, 0.6) is 0 Å². The lowest BCUT2D eigenvalue weighted by atomic mass is 9.93. The summed E-state index contributed by atoms with van der Waals surface area (Å²) < 4.78 is 0. The van der Waals surface area contributed by atoms with Crippen LogP contribution in [0.4, 0.5) is 0 Å². The average molecular weight is 274 g/mol. The van der Waals surface area contributed by atoms with Gasteiger partial charge in [0, 0.05) is 19.0 Å². The van der Waals surface area contributed by atoms with Crippen LogP contribution in [0, 0.1) is 11.3 Å². The number of hydrogen-bond acceptors (Lipinski definition) is 2. The largest absolute Gasteiger partial charge is 0.342 e. The monoisotopic (exact) mass is 274 g/mol. The van der Waals surface area contributed by atoms with Crippen LogP contribution in [0.2, 0.25) is 0 Å². The molecule has 0 aliphatic heterocycles. The molecular formula is C17H26N2O. The first kappa shape index (κ1) is 15.0. The van der Waals surface area contributed by atoms with Crippen molar-refractivity contribution in [2.24, 2.45) is 17.1 Å². The normalized spacial score (nSPS) is 21.6. The van der Waals surface area contributed by atoms with E-state index in [1.807, 2.05) is 30.0 Å². The number of amides is 1. The Bertz CT molecular complexity index is 455. The highest BCUT2D eigenvalue weighted by Gasteiger charge is 2.45. The van der Waals surface area contributed by atoms with Gasteiger partial charge in [-0.1, -0.05) is 44.2 Å². The molecule has 1 aromatic carbocycles.